The Morgan fingerprint density at radius 1 is 1.16 bits per heavy atom. The average Bonchev–Trinajstić information content (AvgIpc) is 2.38. The van der Waals surface area contributed by atoms with Gasteiger partial charge in [-0.2, -0.15) is 0 Å². The van der Waals surface area contributed by atoms with Crippen molar-refractivity contribution in [1.29, 1.82) is 0 Å². The van der Waals surface area contributed by atoms with Gasteiger partial charge in [0.1, 0.15) is 17.4 Å². The van der Waals surface area contributed by atoms with Crippen LogP contribution in [-0.4, -0.2) is 28.4 Å². The predicted molar refractivity (Wildman–Crippen MR) is 72.7 cm³/mol. The summed E-state index contributed by atoms with van der Waals surface area (Å²) in [5.74, 6) is -0.738. The fourth-order valence-electron chi connectivity index (χ4n) is 1.82. The lowest BCUT2D eigenvalue weighted by atomic mass is 10.0. The van der Waals surface area contributed by atoms with E-state index in [1.165, 1.54) is 6.07 Å². The lowest BCUT2D eigenvalue weighted by Gasteiger charge is -2.20. The normalized spacial score (nSPS) is 14.1. The van der Waals surface area contributed by atoms with Crippen molar-refractivity contribution >= 4 is 16.7 Å². The van der Waals surface area contributed by atoms with Crippen LogP contribution in [-0.2, 0) is 0 Å². The van der Waals surface area contributed by atoms with Crippen LogP contribution >= 0.6 is 0 Å². The lowest BCUT2D eigenvalue weighted by molar-refractivity contribution is 0.0569. The van der Waals surface area contributed by atoms with Crippen molar-refractivity contribution in [2.24, 2.45) is 0 Å². The molecule has 2 aromatic carbocycles. The van der Waals surface area contributed by atoms with Crippen LogP contribution in [0.1, 0.15) is 24.2 Å². The molecular formula is C15H16O4. The molecule has 2 N–H and O–H groups in total. The van der Waals surface area contributed by atoms with E-state index in [9.17, 15) is 15.0 Å². The van der Waals surface area contributed by atoms with Crippen molar-refractivity contribution in [2.75, 3.05) is 0 Å². The van der Waals surface area contributed by atoms with Crippen LogP contribution in [0, 0.1) is 0 Å². The molecule has 2 rings (SSSR count). The Labute approximate surface area is 111 Å². The number of hydrogen-bond acceptors (Lipinski definition) is 3. The maximum Gasteiger partial charge on any atom is 0.339 e. The second kappa shape index (κ2) is 5.28. The summed E-state index contributed by atoms with van der Waals surface area (Å²) in [7, 11) is 0. The van der Waals surface area contributed by atoms with Crippen LogP contribution in [0.25, 0.3) is 10.8 Å². The molecule has 0 aliphatic heterocycles. The number of fused-ring (bicyclic) bond motifs is 1. The highest BCUT2D eigenvalue weighted by Crippen LogP contribution is 2.31. The van der Waals surface area contributed by atoms with Crippen LogP contribution in [0.2, 0.25) is 0 Å². The topological polar surface area (TPSA) is 66.8 Å². The Hall–Kier alpha value is -2.07. The molecule has 2 aromatic rings. The van der Waals surface area contributed by atoms with E-state index in [4.69, 9.17) is 4.74 Å². The summed E-state index contributed by atoms with van der Waals surface area (Å²) in [6.07, 6.45) is -1.16. The van der Waals surface area contributed by atoms with E-state index >= 15 is 0 Å². The first-order chi connectivity index (χ1) is 9.00. The molecule has 19 heavy (non-hydrogen) atoms. The van der Waals surface area contributed by atoms with Gasteiger partial charge in [0, 0.05) is 5.39 Å². The number of carbonyl (C=O) groups is 1. The monoisotopic (exact) mass is 260 g/mol. The van der Waals surface area contributed by atoms with Gasteiger partial charge in [-0.25, -0.2) is 4.79 Å². The van der Waals surface area contributed by atoms with Crippen molar-refractivity contribution in [1.82, 2.24) is 0 Å². The number of ether oxygens (including phenoxy) is 1. The molecule has 0 bridgehead atoms. The highest BCUT2D eigenvalue weighted by Gasteiger charge is 2.19. The summed E-state index contributed by atoms with van der Waals surface area (Å²) in [4.78, 5) is 11.3. The summed E-state index contributed by atoms with van der Waals surface area (Å²) in [6, 6.07) is 10.7. The minimum Gasteiger partial charge on any atom is -0.486 e. The molecule has 4 heteroatoms. The molecule has 0 heterocycles. The maximum atomic E-state index is 11.3. The van der Waals surface area contributed by atoms with Crippen molar-refractivity contribution in [3.8, 4) is 5.75 Å². The summed E-state index contributed by atoms with van der Waals surface area (Å²) >= 11 is 0. The van der Waals surface area contributed by atoms with E-state index in [0.29, 0.717) is 5.75 Å². The van der Waals surface area contributed by atoms with E-state index < -0.39 is 18.2 Å². The molecule has 100 valence electrons. The molecule has 0 spiro atoms. The van der Waals surface area contributed by atoms with Gasteiger partial charge in [-0.3, -0.25) is 0 Å². The second-order valence-corrected chi connectivity index (χ2v) is 4.53. The van der Waals surface area contributed by atoms with Crippen LogP contribution in [0.4, 0.5) is 0 Å². The Morgan fingerprint density at radius 2 is 1.84 bits per heavy atom. The minimum atomic E-state index is -1.04. The fraction of sp³-hybridized carbons (Fsp3) is 0.267. The Kier molecular flexibility index (Phi) is 3.71. The molecule has 2 atom stereocenters. The zero-order valence-corrected chi connectivity index (χ0v) is 10.8. The number of rotatable bonds is 4. The SMILES string of the molecule is CC(O)C(C)Oc1c(C(=O)O)ccc2ccccc12. The first-order valence-corrected chi connectivity index (χ1v) is 6.10. The zero-order chi connectivity index (χ0) is 14.0. The van der Waals surface area contributed by atoms with Gasteiger partial charge < -0.3 is 14.9 Å². The third-order valence-corrected chi connectivity index (χ3v) is 3.09. The molecule has 0 aromatic heterocycles. The fourth-order valence-corrected chi connectivity index (χ4v) is 1.82. The van der Waals surface area contributed by atoms with E-state index in [1.54, 1.807) is 19.9 Å². The highest BCUT2D eigenvalue weighted by atomic mass is 16.5. The number of benzene rings is 2. The summed E-state index contributed by atoms with van der Waals surface area (Å²) in [6.45, 7) is 3.31. The second-order valence-electron chi connectivity index (χ2n) is 4.53. The largest absolute Gasteiger partial charge is 0.486 e. The number of aliphatic hydroxyl groups is 1. The third-order valence-electron chi connectivity index (χ3n) is 3.09. The zero-order valence-electron chi connectivity index (χ0n) is 10.8. The van der Waals surface area contributed by atoms with Crippen LogP contribution in [0.5, 0.6) is 5.75 Å². The van der Waals surface area contributed by atoms with Crippen molar-refractivity contribution < 1.29 is 19.7 Å². The van der Waals surface area contributed by atoms with Crippen molar-refractivity contribution in [3.63, 3.8) is 0 Å². The number of carboxylic acids is 1. The van der Waals surface area contributed by atoms with E-state index in [1.807, 2.05) is 24.3 Å². The van der Waals surface area contributed by atoms with Gasteiger partial charge in [0.2, 0.25) is 0 Å². The highest BCUT2D eigenvalue weighted by molar-refractivity contribution is 6.00. The summed E-state index contributed by atoms with van der Waals surface area (Å²) in [5, 5.41) is 20.4. The molecular weight excluding hydrogens is 244 g/mol. The molecule has 4 nitrogen and oxygen atoms in total. The Balaban J connectivity index is 2.59. The average molecular weight is 260 g/mol. The van der Waals surface area contributed by atoms with Gasteiger partial charge in [0.25, 0.3) is 0 Å². The van der Waals surface area contributed by atoms with Gasteiger partial charge in [-0.05, 0) is 25.3 Å². The quantitative estimate of drug-likeness (QED) is 0.887. The summed E-state index contributed by atoms with van der Waals surface area (Å²) in [5.41, 5.74) is 0.103. The number of hydrogen-bond donors (Lipinski definition) is 2. The standard InChI is InChI=1S/C15H16O4/c1-9(16)10(2)19-14-12-6-4-3-5-11(12)7-8-13(14)15(17)18/h3-10,16H,1-2H3,(H,17,18). The minimum absolute atomic E-state index is 0.103. The van der Waals surface area contributed by atoms with E-state index in [2.05, 4.69) is 0 Å². The van der Waals surface area contributed by atoms with Crippen molar-refractivity contribution in [2.45, 2.75) is 26.1 Å². The first-order valence-electron chi connectivity index (χ1n) is 6.10. The maximum absolute atomic E-state index is 11.3. The van der Waals surface area contributed by atoms with E-state index in [-0.39, 0.29) is 5.56 Å². The van der Waals surface area contributed by atoms with Crippen molar-refractivity contribution in [3.05, 3.63) is 42.0 Å². The first kappa shape index (κ1) is 13.4. The Morgan fingerprint density at radius 3 is 2.47 bits per heavy atom. The predicted octanol–water partition coefficient (Wildman–Crippen LogP) is 2.69. The van der Waals surface area contributed by atoms with Gasteiger partial charge in [-0.15, -0.1) is 0 Å². The molecule has 0 fully saturated rings. The smallest absolute Gasteiger partial charge is 0.339 e. The van der Waals surface area contributed by atoms with Crippen LogP contribution < -0.4 is 4.74 Å². The molecule has 0 amide bonds. The molecule has 0 radical (unpaired) electrons. The molecule has 0 saturated carbocycles. The number of carboxylic acid groups (broad SMARTS) is 1. The molecule has 0 aliphatic carbocycles. The number of aliphatic hydroxyl groups excluding tert-OH is 1. The van der Waals surface area contributed by atoms with Gasteiger partial charge in [0.15, 0.2) is 0 Å². The third kappa shape index (κ3) is 2.69. The van der Waals surface area contributed by atoms with Gasteiger partial charge in [0.05, 0.1) is 6.10 Å². The van der Waals surface area contributed by atoms with Gasteiger partial charge >= 0.3 is 5.97 Å². The molecule has 0 aliphatic rings. The van der Waals surface area contributed by atoms with Crippen LogP contribution in [0.15, 0.2) is 36.4 Å². The molecule has 2 unspecified atom stereocenters. The lowest BCUT2D eigenvalue weighted by Crippen LogP contribution is -2.26. The van der Waals surface area contributed by atoms with E-state index in [0.717, 1.165) is 10.8 Å². The Bertz CT molecular complexity index is 604. The van der Waals surface area contributed by atoms with Crippen LogP contribution in [0.3, 0.4) is 0 Å². The number of aromatic carboxylic acids is 1. The molecule has 0 saturated heterocycles. The summed E-state index contributed by atoms with van der Waals surface area (Å²) < 4.78 is 5.65. The van der Waals surface area contributed by atoms with Gasteiger partial charge in [-0.1, -0.05) is 30.3 Å².